The molecule has 0 saturated carbocycles. The van der Waals surface area contributed by atoms with Crippen LogP contribution in [0.4, 0.5) is 5.82 Å². The minimum absolute atomic E-state index is 0.223. The van der Waals surface area contributed by atoms with Gasteiger partial charge in [0.1, 0.15) is 24.0 Å². The second kappa shape index (κ2) is 13.5. The number of anilines is 1. The van der Waals surface area contributed by atoms with Crippen LogP contribution in [0.2, 0.25) is 0 Å². The van der Waals surface area contributed by atoms with E-state index in [4.69, 9.17) is 4.74 Å². The SMILES string of the molecule is CN(C)CCN(C)c1cc(-c2ccccc2COc2ccc(CC(=O)CCc3cccnc3)cc2)ccn1. The van der Waals surface area contributed by atoms with Gasteiger partial charge in [-0.3, -0.25) is 9.78 Å². The number of nitrogens with zero attached hydrogens (tertiary/aromatic N) is 4. The van der Waals surface area contributed by atoms with Gasteiger partial charge in [0.2, 0.25) is 0 Å². The van der Waals surface area contributed by atoms with Gasteiger partial charge < -0.3 is 14.5 Å². The maximum atomic E-state index is 12.4. The van der Waals surface area contributed by atoms with Crippen molar-refractivity contribution in [2.24, 2.45) is 0 Å². The molecule has 2 aromatic carbocycles. The van der Waals surface area contributed by atoms with Crippen molar-refractivity contribution in [3.05, 3.63) is 108 Å². The van der Waals surface area contributed by atoms with Crippen LogP contribution in [-0.4, -0.2) is 54.9 Å². The zero-order valence-corrected chi connectivity index (χ0v) is 22.5. The van der Waals surface area contributed by atoms with Crippen molar-refractivity contribution < 1.29 is 9.53 Å². The summed E-state index contributed by atoms with van der Waals surface area (Å²) < 4.78 is 6.14. The van der Waals surface area contributed by atoms with Crippen LogP contribution >= 0.6 is 0 Å². The Balaban J connectivity index is 1.35. The molecule has 2 aromatic heterocycles. The first-order valence-electron chi connectivity index (χ1n) is 13.0. The van der Waals surface area contributed by atoms with Crippen molar-refractivity contribution in [3.63, 3.8) is 0 Å². The Morgan fingerprint density at radius 3 is 2.45 bits per heavy atom. The molecule has 0 atom stereocenters. The molecule has 38 heavy (non-hydrogen) atoms. The van der Waals surface area contributed by atoms with E-state index in [1.165, 1.54) is 0 Å². The number of hydrogen-bond donors (Lipinski definition) is 0. The molecule has 0 saturated heterocycles. The Labute approximate surface area is 225 Å². The number of ether oxygens (including phenoxy) is 1. The van der Waals surface area contributed by atoms with Crippen LogP contribution < -0.4 is 9.64 Å². The smallest absolute Gasteiger partial charge is 0.137 e. The predicted molar refractivity (Wildman–Crippen MR) is 154 cm³/mol. The van der Waals surface area contributed by atoms with Gasteiger partial charge in [-0.1, -0.05) is 42.5 Å². The Morgan fingerprint density at radius 1 is 0.868 bits per heavy atom. The van der Waals surface area contributed by atoms with Crippen LogP contribution in [0.5, 0.6) is 5.75 Å². The van der Waals surface area contributed by atoms with Gasteiger partial charge in [0.05, 0.1) is 0 Å². The van der Waals surface area contributed by atoms with Crippen LogP contribution in [0, 0.1) is 0 Å². The van der Waals surface area contributed by atoms with Crippen LogP contribution in [0.25, 0.3) is 11.1 Å². The van der Waals surface area contributed by atoms with E-state index >= 15 is 0 Å². The number of benzene rings is 2. The zero-order chi connectivity index (χ0) is 26.7. The van der Waals surface area contributed by atoms with Crippen molar-refractivity contribution in [1.29, 1.82) is 0 Å². The maximum Gasteiger partial charge on any atom is 0.137 e. The number of aryl methyl sites for hydroxylation is 1. The number of ketones is 1. The molecule has 0 aliphatic rings. The Bertz CT molecular complexity index is 1310. The molecule has 0 spiro atoms. The molecule has 0 N–H and O–H groups in total. The summed E-state index contributed by atoms with van der Waals surface area (Å²) in [5, 5.41) is 0. The van der Waals surface area contributed by atoms with E-state index in [0.717, 1.165) is 58.9 Å². The topological polar surface area (TPSA) is 58.6 Å². The van der Waals surface area contributed by atoms with Crippen molar-refractivity contribution in [2.75, 3.05) is 39.1 Å². The van der Waals surface area contributed by atoms with Gasteiger partial charge in [-0.25, -0.2) is 4.98 Å². The Kier molecular flexibility index (Phi) is 9.59. The summed E-state index contributed by atoms with van der Waals surface area (Å²) in [7, 11) is 6.22. The quantitative estimate of drug-likeness (QED) is 0.239. The first-order chi connectivity index (χ1) is 18.5. The van der Waals surface area contributed by atoms with Crippen LogP contribution in [0.15, 0.2) is 91.4 Å². The molecule has 0 radical (unpaired) electrons. The van der Waals surface area contributed by atoms with Crippen LogP contribution in [-0.2, 0) is 24.2 Å². The summed E-state index contributed by atoms with van der Waals surface area (Å²) in [4.78, 5) is 25.4. The average molecular weight is 509 g/mol. The fourth-order valence-electron chi connectivity index (χ4n) is 4.20. The lowest BCUT2D eigenvalue weighted by atomic mass is 10.0. The molecule has 196 valence electrons. The lowest BCUT2D eigenvalue weighted by Crippen LogP contribution is -2.28. The van der Waals surface area contributed by atoms with Gasteiger partial charge in [0.15, 0.2) is 0 Å². The molecule has 0 amide bonds. The first kappa shape index (κ1) is 27.0. The number of carbonyl (C=O) groups is 1. The largest absolute Gasteiger partial charge is 0.489 e. The monoisotopic (exact) mass is 508 g/mol. The molecule has 0 fully saturated rings. The van der Waals surface area contributed by atoms with E-state index in [9.17, 15) is 4.79 Å². The van der Waals surface area contributed by atoms with Gasteiger partial charge in [-0.2, -0.15) is 0 Å². The van der Waals surface area contributed by atoms with Gasteiger partial charge in [0, 0.05) is 51.6 Å². The fraction of sp³-hybridized carbons (Fsp3) is 0.281. The van der Waals surface area contributed by atoms with E-state index in [2.05, 4.69) is 65.2 Å². The van der Waals surface area contributed by atoms with Crippen molar-refractivity contribution in [1.82, 2.24) is 14.9 Å². The maximum absolute atomic E-state index is 12.4. The molecule has 4 rings (SSSR count). The minimum Gasteiger partial charge on any atom is -0.489 e. The number of Topliss-reactive ketones (excluding diaryl/α,β-unsaturated/α-hetero) is 1. The second-order valence-electron chi connectivity index (χ2n) is 9.79. The molecular weight excluding hydrogens is 472 g/mol. The number of rotatable bonds is 13. The lowest BCUT2D eigenvalue weighted by molar-refractivity contribution is -0.118. The van der Waals surface area contributed by atoms with Gasteiger partial charge >= 0.3 is 0 Å². The summed E-state index contributed by atoms with van der Waals surface area (Å²) >= 11 is 0. The summed E-state index contributed by atoms with van der Waals surface area (Å²) in [6.07, 6.45) is 7.09. The van der Waals surface area contributed by atoms with Gasteiger partial charge in [-0.15, -0.1) is 0 Å². The van der Waals surface area contributed by atoms with E-state index in [1.54, 1.807) is 6.20 Å². The number of aromatic nitrogens is 2. The average Bonchev–Trinajstić information content (AvgIpc) is 2.95. The fourth-order valence-corrected chi connectivity index (χ4v) is 4.20. The van der Waals surface area contributed by atoms with Crippen molar-refractivity contribution >= 4 is 11.6 Å². The zero-order valence-electron chi connectivity index (χ0n) is 22.5. The highest BCUT2D eigenvalue weighted by atomic mass is 16.5. The molecule has 0 bridgehead atoms. The third-order valence-electron chi connectivity index (χ3n) is 6.48. The first-order valence-corrected chi connectivity index (χ1v) is 13.0. The number of pyridine rings is 2. The van der Waals surface area contributed by atoms with E-state index in [-0.39, 0.29) is 5.78 Å². The third kappa shape index (κ3) is 7.98. The van der Waals surface area contributed by atoms with Gasteiger partial charge in [-0.05, 0) is 78.7 Å². The predicted octanol–water partition coefficient (Wildman–Crippen LogP) is 5.46. The Hall–Kier alpha value is -4.03. The summed E-state index contributed by atoms with van der Waals surface area (Å²) in [5.74, 6) is 1.95. The molecule has 0 unspecified atom stereocenters. The lowest BCUT2D eigenvalue weighted by Gasteiger charge is -2.21. The number of likely N-dealkylation sites (N-methyl/N-ethyl adjacent to an activating group) is 2. The van der Waals surface area contributed by atoms with Crippen LogP contribution in [0.3, 0.4) is 0 Å². The molecule has 2 heterocycles. The van der Waals surface area contributed by atoms with E-state index in [0.29, 0.717) is 19.4 Å². The van der Waals surface area contributed by atoms with Crippen LogP contribution in [0.1, 0.15) is 23.1 Å². The molecular formula is C32H36N4O2. The normalized spacial score (nSPS) is 10.9. The number of hydrogen-bond acceptors (Lipinski definition) is 6. The molecule has 6 nitrogen and oxygen atoms in total. The summed E-state index contributed by atoms with van der Waals surface area (Å²) in [6, 6.07) is 24.2. The minimum atomic E-state index is 0.223. The molecule has 6 heteroatoms. The Morgan fingerprint density at radius 2 is 1.68 bits per heavy atom. The van der Waals surface area contributed by atoms with Gasteiger partial charge in [0.25, 0.3) is 0 Å². The standard InChI is InChI=1S/C32H36N4O2/c1-35(2)19-20-36(3)32-22-27(16-18-34-32)31-9-5-4-8-28(31)24-38-30-14-11-25(12-15-30)21-29(37)13-10-26-7-6-17-33-23-26/h4-9,11-12,14-18,22-23H,10,13,19-21,24H2,1-3H3. The summed E-state index contributed by atoms with van der Waals surface area (Å²) in [6.45, 7) is 2.32. The third-order valence-corrected chi connectivity index (χ3v) is 6.48. The highest BCUT2D eigenvalue weighted by molar-refractivity contribution is 5.81. The van der Waals surface area contributed by atoms with E-state index < -0.39 is 0 Å². The second-order valence-corrected chi connectivity index (χ2v) is 9.79. The molecule has 0 aliphatic heterocycles. The highest BCUT2D eigenvalue weighted by Gasteiger charge is 2.10. The van der Waals surface area contributed by atoms with Crippen molar-refractivity contribution in [2.45, 2.75) is 25.9 Å². The number of carbonyl (C=O) groups excluding carboxylic acids is 1. The molecule has 4 aromatic rings. The molecule has 0 aliphatic carbocycles. The summed E-state index contributed by atoms with van der Waals surface area (Å²) in [5.41, 5.74) is 5.44. The van der Waals surface area contributed by atoms with E-state index in [1.807, 2.05) is 60.9 Å². The highest BCUT2D eigenvalue weighted by Crippen LogP contribution is 2.27. The van der Waals surface area contributed by atoms with Crippen molar-refractivity contribution in [3.8, 4) is 16.9 Å².